The molecule has 3 N–H and O–H groups in total. The van der Waals surface area contributed by atoms with E-state index in [1.807, 2.05) is 25.1 Å². The molecule has 1 unspecified atom stereocenters. The summed E-state index contributed by atoms with van der Waals surface area (Å²) in [7, 11) is 0. The first-order valence-electron chi connectivity index (χ1n) is 12.5. The van der Waals surface area contributed by atoms with E-state index >= 15 is 0 Å². The third-order valence-corrected chi connectivity index (χ3v) is 6.23. The summed E-state index contributed by atoms with van der Waals surface area (Å²) in [6.07, 6.45) is 1.44. The van der Waals surface area contributed by atoms with E-state index in [1.54, 1.807) is 44.2 Å². The molecule has 3 rings (SSSR count). The molecule has 0 spiro atoms. The van der Waals surface area contributed by atoms with Crippen LogP contribution in [0.15, 0.2) is 71.8 Å². The predicted octanol–water partition coefficient (Wildman–Crippen LogP) is 5.31. The summed E-state index contributed by atoms with van der Waals surface area (Å²) in [6.45, 7) is 5.60. The number of amides is 3. The van der Waals surface area contributed by atoms with Gasteiger partial charge in [0, 0.05) is 11.3 Å². The molecule has 0 saturated heterocycles. The first-order chi connectivity index (χ1) is 19.2. The zero-order valence-corrected chi connectivity index (χ0v) is 23.8. The van der Waals surface area contributed by atoms with E-state index in [-0.39, 0.29) is 29.0 Å². The summed E-state index contributed by atoms with van der Waals surface area (Å²) >= 11 is 11.9. The molecule has 3 amide bonds. The minimum Gasteiger partial charge on any atom is -0.490 e. The topological polar surface area (TPSA) is 118 Å². The van der Waals surface area contributed by atoms with Crippen molar-refractivity contribution in [1.29, 1.82) is 0 Å². The van der Waals surface area contributed by atoms with Crippen molar-refractivity contribution < 1.29 is 23.9 Å². The molecule has 0 aliphatic carbocycles. The number of ether oxygens (including phenoxy) is 2. The number of nitrogens with one attached hydrogen (secondary N) is 3. The zero-order valence-electron chi connectivity index (χ0n) is 22.2. The Morgan fingerprint density at radius 3 is 2.35 bits per heavy atom. The average molecular weight is 585 g/mol. The van der Waals surface area contributed by atoms with Crippen molar-refractivity contribution in [1.82, 2.24) is 10.7 Å². The van der Waals surface area contributed by atoms with Crippen molar-refractivity contribution in [3.63, 3.8) is 0 Å². The number of nitrogens with zero attached hydrogens (tertiary/aromatic N) is 1. The lowest BCUT2D eigenvalue weighted by Gasteiger charge is -2.20. The van der Waals surface area contributed by atoms with Gasteiger partial charge in [-0.15, -0.1) is 0 Å². The minimum atomic E-state index is -0.851. The van der Waals surface area contributed by atoms with E-state index in [2.05, 4.69) is 21.2 Å². The number of hydrogen-bond acceptors (Lipinski definition) is 6. The third-order valence-electron chi connectivity index (χ3n) is 5.49. The van der Waals surface area contributed by atoms with Gasteiger partial charge < -0.3 is 20.1 Å². The number of para-hydroxylation sites is 1. The largest absolute Gasteiger partial charge is 0.490 e. The number of hydrogen-bond donors (Lipinski definition) is 3. The SMILES string of the molecule is CCOc1cc(/C=N\NC(=O)C(NC(=O)c2ccc(Cl)c(Cl)c2)C(C)C)ccc1OCC(=O)Nc1ccccc1. The highest BCUT2D eigenvalue weighted by molar-refractivity contribution is 6.42. The summed E-state index contributed by atoms with van der Waals surface area (Å²) in [5.41, 5.74) is 4.03. The molecule has 0 saturated carbocycles. The monoisotopic (exact) mass is 584 g/mol. The van der Waals surface area contributed by atoms with Crippen molar-refractivity contribution in [2.75, 3.05) is 18.5 Å². The van der Waals surface area contributed by atoms with E-state index in [0.717, 1.165) is 0 Å². The highest BCUT2D eigenvalue weighted by Crippen LogP contribution is 2.28. The summed E-state index contributed by atoms with van der Waals surface area (Å²) < 4.78 is 11.3. The van der Waals surface area contributed by atoms with E-state index < -0.39 is 17.9 Å². The second-order valence-electron chi connectivity index (χ2n) is 8.90. The third kappa shape index (κ3) is 9.00. The predicted molar refractivity (Wildman–Crippen MR) is 156 cm³/mol. The van der Waals surface area contributed by atoms with Crippen molar-refractivity contribution >= 4 is 52.8 Å². The highest BCUT2D eigenvalue weighted by Gasteiger charge is 2.24. The molecule has 1 atom stereocenters. The second-order valence-corrected chi connectivity index (χ2v) is 9.71. The molecule has 0 bridgehead atoms. The maximum atomic E-state index is 12.8. The van der Waals surface area contributed by atoms with Crippen molar-refractivity contribution in [2.45, 2.75) is 26.8 Å². The minimum absolute atomic E-state index is 0.205. The van der Waals surface area contributed by atoms with Crippen molar-refractivity contribution in [3.8, 4) is 11.5 Å². The Bertz CT molecular complexity index is 1370. The Balaban J connectivity index is 1.60. The molecular formula is C29H30Cl2N4O5. The first-order valence-corrected chi connectivity index (χ1v) is 13.3. The molecule has 40 heavy (non-hydrogen) atoms. The lowest BCUT2D eigenvalue weighted by atomic mass is 10.0. The van der Waals surface area contributed by atoms with E-state index in [0.29, 0.717) is 34.4 Å². The van der Waals surface area contributed by atoms with Crippen LogP contribution >= 0.6 is 23.2 Å². The van der Waals surface area contributed by atoms with Crippen LogP contribution in [0.25, 0.3) is 0 Å². The molecule has 0 fully saturated rings. The molecule has 0 radical (unpaired) electrons. The fourth-order valence-electron chi connectivity index (χ4n) is 3.49. The Kier molecular flexibility index (Phi) is 11.4. The number of halogens is 2. The van der Waals surface area contributed by atoms with Gasteiger partial charge in [0.2, 0.25) is 0 Å². The zero-order chi connectivity index (χ0) is 29.1. The van der Waals surface area contributed by atoms with Gasteiger partial charge in [0.05, 0.1) is 22.9 Å². The van der Waals surface area contributed by atoms with Gasteiger partial charge in [0.25, 0.3) is 17.7 Å². The van der Waals surface area contributed by atoms with Gasteiger partial charge >= 0.3 is 0 Å². The van der Waals surface area contributed by atoms with Gasteiger partial charge in [-0.2, -0.15) is 5.10 Å². The first kappa shape index (κ1) is 30.5. The summed E-state index contributed by atoms with van der Waals surface area (Å²) in [5.74, 6) is -0.690. The molecule has 11 heteroatoms. The lowest BCUT2D eigenvalue weighted by molar-refractivity contribution is -0.124. The van der Waals surface area contributed by atoms with Gasteiger partial charge in [-0.1, -0.05) is 55.2 Å². The van der Waals surface area contributed by atoms with E-state index in [1.165, 1.54) is 24.4 Å². The number of carbonyl (C=O) groups excluding carboxylic acids is 3. The number of benzene rings is 3. The van der Waals surface area contributed by atoms with Crippen LogP contribution in [-0.2, 0) is 9.59 Å². The Labute approximate surface area is 242 Å². The standard InChI is InChI=1S/C29H30Cl2N4O5/c1-4-39-25-14-19(10-13-24(25)40-17-26(36)33-21-8-6-5-7-9-21)16-32-35-29(38)27(18(2)3)34-28(37)20-11-12-22(30)23(31)15-20/h5-16,18,27H,4,17H2,1-3H3,(H,33,36)(H,34,37)(H,35,38)/b32-16-. The van der Waals surface area contributed by atoms with Crippen LogP contribution in [0, 0.1) is 5.92 Å². The molecule has 0 heterocycles. The quantitative estimate of drug-likeness (QED) is 0.197. The fourth-order valence-corrected chi connectivity index (χ4v) is 3.79. The Morgan fingerprint density at radius 2 is 1.68 bits per heavy atom. The number of hydrazone groups is 1. The summed E-state index contributed by atoms with van der Waals surface area (Å²) in [6, 6.07) is 17.7. The number of anilines is 1. The number of rotatable bonds is 12. The van der Waals surface area contributed by atoms with Crippen LogP contribution in [0.3, 0.4) is 0 Å². The van der Waals surface area contributed by atoms with Gasteiger partial charge in [0.1, 0.15) is 6.04 Å². The molecule has 0 aliphatic rings. The van der Waals surface area contributed by atoms with Crippen molar-refractivity contribution in [3.05, 3.63) is 87.9 Å². The fraction of sp³-hybridized carbons (Fsp3) is 0.241. The highest BCUT2D eigenvalue weighted by atomic mass is 35.5. The Morgan fingerprint density at radius 1 is 0.925 bits per heavy atom. The van der Waals surface area contributed by atoms with Crippen LogP contribution in [0.4, 0.5) is 5.69 Å². The van der Waals surface area contributed by atoms with Crippen LogP contribution in [0.5, 0.6) is 11.5 Å². The van der Waals surface area contributed by atoms with E-state index in [9.17, 15) is 14.4 Å². The normalized spacial score (nSPS) is 11.7. The molecule has 0 aliphatic heterocycles. The second kappa shape index (κ2) is 14.9. The van der Waals surface area contributed by atoms with Gasteiger partial charge in [-0.05, 0) is 66.9 Å². The molecule has 9 nitrogen and oxygen atoms in total. The summed E-state index contributed by atoms with van der Waals surface area (Å²) in [4.78, 5) is 37.7. The molecule has 210 valence electrons. The molecular weight excluding hydrogens is 555 g/mol. The molecule has 3 aromatic carbocycles. The van der Waals surface area contributed by atoms with Gasteiger partial charge in [-0.25, -0.2) is 5.43 Å². The van der Waals surface area contributed by atoms with Crippen LogP contribution in [-0.4, -0.2) is 43.2 Å². The average Bonchev–Trinajstić information content (AvgIpc) is 2.93. The maximum Gasteiger partial charge on any atom is 0.262 e. The van der Waals surface area contributed by atoms with Crippen LogP contribution in [0.1, 0.15) is 36.7 Å². The Hall–Kier alpha value is -4.08. The van der Waals surface area contributed by atoms with Gasteiger partial charge in [0.15, 0.2) is 18.1 Å². The van der Waals surface area contributed by atoms with Gasteiger partial charge in [-0.3, -0.25) is 14.4 Å². The van der Waals surface area contributed by atoms with Crippen molar-refractivity contribution in [2.24, 2.45) is 11.0 Å². The van der Waals surface area contributed by atoms with Crippen LogP contribution < -0.4 is 25.5 Å². The summed E-state index contributed by atoms with van der Waals surface area (Å²) in [5, 5.41) is 10.0. The molecule has 3 aromatic rings. The molecule has 0 aromatic heterocycles. The lowest BCUT2D eigenvalue weighted by Crippen LogP contribution is -2.48. The smallest absolute Gasteiger partial charge is 0.262 e. The van der Waals surface area contributed by atoms with E-state index in [4.69, 9.17) is 32.7 Å². The maximum absolute atomic E-state index is 12.8. The van der Waals surface area contributed by atoms with Crippen LogP contribution in [0.2, 0.25) is 10.0 Å². The number of carbonyl (C=O) groups is 3.